The van der Waals surface area contributed by atoms with Crippen molar-refractivity contribution in [3.8, 4) is 0 Å². The van der Waals surface area contributed by atoms with Gasteiger partial charge in [-0.2, -0.15) is 0 Å². The van der Waals surface area contributed by atoms with Crippen molar-refractivity contribution in [1.29, 1.82) is 0 Å². The summed E-state index contributed by atoms with van der Waals surface area (Å²) in [4.78, 5) is 11.3. The second kappa shape index (κ2) is 6.08. The molecule has 4 nitrogen and oxygen atoms in total. The Labute approximate surface area is 91.8 Å². The smallest absolute Gasteiger partial charge is 0.248 e. The first-order valence-electron chi connectivity index (χ1n) is 5.73. The van der Waals surface area contributed by atoms with Gasteiger partial charge >= 0.3 is 0 Å². The molecule has 88 valence electrons. The van der Waals surface area contributed by atoms with Crippen LogP contribution in [0.25, 0.3) is 0 Å². The van der Waals surface area contributed by atoms with Crippen LogP contribution in [0.1, 0.15) is 32.6 Å². The molecule has 1 fully saturated rings. The standard InChI is InChI=1S/C11H22N2O2/c1-8(11(14)13-3)15-10-7-5-4-6-9(10)12-2/h8-10,12H,4-7H2,1-3H3,(H,13,14). The largest absolute Gasteiger partial charge is 0.364 e. The van der Waals surface area contributed by atoms with E-state index in [1.807, 2.05) is 7.05 Å². The molecule has 0 spiro atoms. The van der Waals surface area contributed by atoms with Gasteiger partial charge in [0.15, 0.2) is 0 Å². The van der Waals surface area contributed by atoms with E-state index >= 15 is 0 Å². The molecule has 1 aliphatic carbocycles. The highest BCUT2D eigenvalue weighted by Crippen LogP contribution is 2.22. The van der Waals surface area contributed by atoms with Crippen molar-refractivity contribution in [3.05, 3.63) is 0 Å². The summed E-state index contributed by atoms with van der Waals surface area (Å²) >= 11 is 0. The summed E-state index contributed by atoms with van der Waals surface area (Å²) in [5.41, 5.74) is 0. The van der Waals surface area contributed by atoms with Gasteiger partial charge in [-0.1, -0.05) is 12.8 Å². The molecule has 0 aromatic heterocycles. The number of nitrogens with one attached hydrogen (secondary N) is 2. The lowest BCUT2D eigenvalue weighted by Gasteiger charge is -2.32. The van der Waals surface area contributed by atoms with E-state index in [4.69, 9.17) is 4.74 Å². The molecule has 2 N–H and O–H groups in total. The van der Waals surface area contributed by atoms with Crippen molar-refractivity contribution in [2.45, 2.75) is 50.9 Å². The first kappa shape index (κ1) is 12.5. The molecule has 3 atom stereocenters. The Bertz CT molecular complexity index is 209. The fourth-order valence-electron chi connectivity index (χ4n) is 2.12. The second-order valence-electron chi connectivity index (χ2n) is 4.11. The first-order chi connectivity index (χ1) is 7.19. The predicted octanol–water partition coefficient (Wildman–Crippen LogP) is 0.668. The minimum absolute atomic E-state index is 0.0459. The molecule has 0 saturated heterocycles. The van der Waals surface area contributed by atoms with E-state index in [2.05, 4.69) is 10.6 Å². The second-order valence-corrected chi connectivity index (χ2v) is 4.11. The average molecular weight is 214 g/mol. The van der Waals surface area contributed by atoms with Crippen molar-refractivity contribution >= 4 is 5.91 Å². The van der Waals surface area contributed by atoms with Crippen LogP contribution >= 0.6 is 0 Å². The summed E-state index contributed by atoms with van der Waals surface area (Å²) < 4.78 is 5.77. The summed E-state index contributed by atoms with van der Waals surface area (Å²) in [5, 5.41) is 5.86. The summed E-state index contributed by atoms with van der Waals surface area (Å²) in [6.07, 6.45) is 4.46. The van der Waals surface area contributed by atoms with E-state index in [9.17, 15) is 4.79 Å². The van der Waals surface area contributed by atoms with Gasteiger partial charge in [0.1, 0.15) is 6.10 Å². The molecule has 0 bridgehead atoms. The molecular weight excluding hydrogens is 192 g/mol. The SMILES string of the molecule is CNC(=O)C(C)OC1CCCCC1NC. The van der Waals surface area contributed by atoms with Crippen molar-refractivity contribution in [2.75, 3.05) is 14.1 Å². The first-order valence-corrected chi connectivity index (χ1v) is 5.73. The van der Waals surface area contributed by atoms with Gasteiger partial charge in [-0.25, -0.2) is 0 Å². The van der Waals surface area contributed by atoms with Gasteiger partial charge in [0.05, 0.1) is 6.10 Å². The molecule has 3 unspecified atom stereocenters. The summed E-state index contributed by atoms with van der Waals surface area (Å²) in [6.45, 7) is 1.81. The van der Waals surface area contributed by atoms with Gasteiger partial charge in [-0.15, -0.1) is 0 Å². The summed E-state index contributed by atoms with van der Waals surface area (Å²) in [6, 6.07) is 0.394. The minimum atomic E-state index is -0.353. The van der Waals surface area contributed by atoms with Gasteiger partial charge in [0.2, 0.25) is 5.91 Å². The Kier molecular flexibility index (Phi) is 5.05. The highest BCUT2D eigenvalue weighted by molar-refractivity contribution is 5.79. The molecule has 15 heavy (non-hydrogen) atoms. The number of likely N-dealkylation sites (N-methyl/N-ethyl adjacent to an activating group) is 2. The number of carbonyl (C=O) groups excluding carboxylic acids is 1. The zero-order valence-electron chi connectivity index (χ0n) is 9.88. The van der Waals surface area contributed by atoms with Crippen molar-refractivity contribution in [1.82, 2.24) is 10.6 Å². The van der Waals surface area contributed by atoms with Crippen molar-refractivity contribution in [3.63, 3.8) is 0 Å². The van der Waals surface area contributed by atoms with Crippen LogP contribution in [0.2, 0.25) is 0 Å². The third-order valence-electron chi connectivity index (χ3n) is 3.07. The van der Waals surface area contributed by atoms with Crippen LogP contribution in [0.5, 0.6) is 0 Å². The van der Waals surface area contributed by atoms with Gasteiger partial charge in [0, 0.05) is 13.1 Å². The summed E-state index contributed by atoms with van der Waals surface area (Å²) in [7, 11) is 3.59. The molecule has 1 rings (SSSR count). The number of ether oxygens (including phenoxy) is 1. The highest BCUT2D eigenvalue weighted by atomic mass is 16.5. The number of hydrogen-bond donors (Lipinski definition) is 2. The normalized spacial score (nSPS) is 28.5. The number of carbonyl (C=O) groups is 1. The Balaban J connectivity index is 2.43. The summed E-state index contributed by atoms with van der Waals surface area (Å²) in [5.74, 6) is -0.0459. The molecule has 1 amide bonds. The van der Waals surface area contributed by atoms with Gasteiger partial charge < -0.3 is 15.4 Å². The zero-order chi connectivity index (χ0) is 11.3. The van der Waals surface area contributed by atoms with Crippen LogP contribution in [0.15, 0.2) is 0 Å². The van der Waals surface area contributed by atoms with E-state index in [-0.39, 0.29) is 18.1 Å². The third kappa shape index (κ3) is 3.47. The Morgan fingerprint density at radius 3 is 2.60 bits per heavy atom. The maximum atomic E-state index is 11.3. The van der Waals surface area contributed by atoms with Crippen molar-refractivity contribution < 1.29 is 9.53 Å². The lowest BCUT2D eigenvalue weighted by molar-refractivity contribution is -0.137. The topological polar surface area (TPSA) is 50.4 Å². The number of amides is 1. The number of hydrogen-bond acceptors (Lipinski definition) is 3. The van der Waals surface area contributed by atoms with Gasteiger partial charge in [-0.3, -0.25) is 4.79 Å². The maximum Gasteiger partial charge on any atom is 0.248 e. The fraction of sp³-hybridized carbons (Fsp3) is 0.909. The van der Waals surface area contributed by atoms with Crippen LogP contribution < -0.4 is 10.6 Å². The molecular formula is C11H22N2O2. The monoisotopic (exact) mass is 214 g/mol. The molecule has 1 saturated carbocycles. The predicted molar refractivity (Wildman–Crippen MR) is 59.7 cm³/mol. The maximum absolute atomic E-state index is 11.3. The van der Waals surface area contributed by atoms with Gasteiger partial charge in [-0.05, 0) is 26.8 Å². The molecule has 0 aromatic rings. The van der Waals surface area contributed by atoms with Crippen LogP contribution in [0.4, 0.5) is 0 Å². The van der Waals surface area contributed by atoms with E-state index < -0.39 is 0 Å². The molecule has 0 heterocycles. The lowest BCUT2D eigenvalue weighted by atomic mass is 9.92. The van der Waals surface area contributed by atoms with Crippen LogP contribution in [-0.4, -0.2) is 38.3 Å². The molecule has 0 radical (unpaired) electrons. The average Bonchev–Trinajstić information content (AvgIpc) is 2.28. The minimum Gasteiger partial charge on any atom is -0.364 e. The van der Waals surface area contributed by atoms with E-state index in [0.29, 0.717) is 6.04 Å². The van der Waals surface area contributed by atoms with E-state index in [1.165, 1.54) is 12.8 Å². The Hall–Kier alpha value is -0.610. The van der Waals surface area contributed by atoms with Crippen molar-refractivity contribution in [2.24, 2.45) is 0 Å². The van der Waals surface area contributed by atoms with E-state index in [0.717, 1.165) is 12.8 Å². The molecule has 1 aliphatic rings. The van der Waals surface area contributed by atoms with Crippen LogP contribution in [0.3, 0.4) is 0 Å². The lowest BCUT2D eigenvalue weighted by Crippen LogP contribution is -2.45. The fourth-order valence-corrected chi connectivity index (χ4v) is 2.12. The zero-order valence-corrected chi connectivity index (χ0v) is 9.88. The molecule has 4 heteroatoms. The van der Waals surface area contributed by atoms with Crippen LogP contribution in [-0.2, 0) is 9.53 Å². The third-order valence-corrected chi connectivity index (χ3v) is 3.07. The van der Waals surface area contributed by atoms with Crippen LogP contribution in [0, 0.1) is 0 Å². The molecule has 0 aliphatic heterocycles. The Morgan fingerprint density at radius 1 is 1.33 bits per heavy atom. The Morgan fingerprint density at radius 2 is 2.00 bits per heavy atom. The molecule has 0 aromatic carbocycles. The van der Waals surface area contributed by atoms with Gasteiger partial charge in [0.25, 0.3) is 0 Å². The highest BCUT2D eigenvalue weighted by Gasteiger charge is 2.27. The van der Waals surface area contributed by atoms with E-state index in [1.54, 1.807) is 14.0 Å². The number of rotatable bonds is 4. The quantitative estimate of drug-likeness (QED) is 0.723.